The number of nitrogens with zero attached hydrogens (tertiary/aromatic N) is 2. The van der Waals surface area contributed by atoms with Crippen molar-refractivity contribution in [3.63, 3.8) is 0 Å². The minimum absolute atomic E-state index is 0.188. The van der Waals surface area contributed by atoms with Crippen molar-refractivity contribution in [1.82, 2.24) is 15.2 Å². The maximum atomic E-state index is 13.2. The molecule has 0 amide bonds. The monoisotopic (exact) mass is 279 g/mol. The molecule has 2 heterocycles. The minimum Gasteiger partial charge on any atom is -0.314 e. The Balaban J connectivity index is 1.84. The van der Waals surface area contributed by atoms with Gasteiger partial charge in [-0.1, -0.05) is 0 Å². The first-order valence-electron chi connectivity index (χ1n) is 6.65. The molecule has 102 valence electrons. The molecule has 0 aliphatic carbocycles. The van der Waals surface area contributed by atoms with Gasteiger partial charge < -0.3 is 5.32 Å². The predicted molar refractivity (Wildman–Crippen MR) is 76.9 cm³/mol. The Morgan fingerprint density at radius 3 is 2.84 bits per heavy atom. The van der Waals surface area contributed by atoms with Crippen LogP contribution in [0.1, 0.15) is 18.9 Å². The van der Waals surface area contributed by atoms with Crippen LogP contribution in [0, 0.1) is 5.82 Å². The number of rotatable bonds is 2. The molecule has 0 saturated carbocycles. The van der Waals surface area contributed by atoms with Crippen LogP contribution in [0.4, 0.5) is 4.39 Å². The summed E-state index contributed by atoms with van der Waals surface area (Å²) in [6.07, 6.45) is 0. The Morgan fingerprint density at radius 2 is 2.11 bits per heavy atom. The molecular weight excluding hydrogens is 261 g/mol. The maximum absolute atomic E-state index is 13.2. The number of hydrogen-bond donors (Lipinski definition) is 1. The van der Waals surface area contributed by atoms with E-state index in [1.54, 1.807) is 23.5 Å². The van der Waals surface area contributed by atoms with E-state index in [1.807, 2.05) is 0 Å². The molecule has 19 heavy (non-hydrogen) atoms. The molecule has 0 radical (unpaired) electrons. The Labute approximate surface area is 116 Å². The molecule has 5 heteroatoms. The summed E-state index contributed by atoms with van der Waals surface area (Å²) in [5, 5.41) is 4.50. The largest absolute Gasteiger partial charge is 0.314 e. The Hall–Kier alpha value is -1.04. The van der Waals surface area contributed by atoms with Crippen LogP contribution in [-0.2, 0) is 6.54 Å². The van der Waals surface area contributed by atoms with Crippen molar-refractivity contribution >= 4 is 21.6 Å². The molecule has 2 atom stereocenters. The molecule has 3 nitrogen and oxygen atoms in total. The van der Waals surface area contributed by atoms with Crippen molar-refractivity contribution in [1.29, 1.82) is 0 Å². The van der Waals surface area contributed by atoms with Crippen LogP contribution in [0.5, 0.6) is 0 Å². The molecule has 0 spiro atoms. The normalized spacial score (nSPS) is 25.0. The van der Waals surface area contributed by atoms with Crippen molar-refractivity contribution in [2.75, 3.05) is 13.1 Å². The van der Waals surface area contributed by atoms with Gasteiger partial charge in [-0.2, -0.15) is 0 Å². The highest BCUT2D eigenvalue weighted by molar-refractivity contribution is 7.18. The van der Waals surface area contributed by atoms with Crippen molar-refractivity contribution in [3.8, 4) is 0 Å². The topological polar surface area (TPSA) is 28.2 Å². The van der Waals surface area contributed by atoms with Crippen molar-refractivity contribution in [3.05, 3.63) is 29.0 Å². The first-order chi connectivity index (χ1) is 9.13. The van der Waals surface area contributed by atoms with Gasteiger partial charge in [0.25, 0.3) is 0 Å². The number of halogens is 1. The van der Waals surface area contributed by atoms with E-state index in [0.29, 0.717) is 12.1 Å². The van der Waals surface area contributed by atoms with Gasteiger partial charge in [-0.15, -0.1) is 11.3 Å². The second-order valence-electron chi connectivity index (χ2n) is 5.25. The second kappa shape index (κ2) is 5.15. The van der Waals surface area contributed by atoms with Crippen molar-refractivity contribution in [2.24, 2.45) is 0 Å². The van der Waals surface area contributed by atoms with E-state index in [-0.39, 0.29) is 5.82 Å². The third kappa shape index (κ3) is 2.63. The molecule has 1 aromatic heterocycles. The number of piperazine rings is 1. The van der Waals surface area contributed by atoms with Crippen LogP contribution in [0.3, 0.4) is 0 Å². The molecular formula is C14H18FN3S. The molecule has 1 saturated heterocycles. The first kappa shape index (κ1) is 13.0. The van der Waals surface area contributed by atoms with E-state index in [1.165, 1.54) is 6.07 Å². The molecule has 1 aromatic carbocycles. The minimum atomic E-state index is -0.188. The van der Waals surface area contributed by atoms with E-state index < -0.39 is 0 Å². The van der Waals surface area contributed by atoms with Crippen LogP contribution in [-0.4, -0.2) is 35.1 Å². The number of nitrogens with one attached hydrogen (secondary N) is 1. The summed E-state index contributed by atoms with van der Waals surface area (Å²) in [4.78, 5) is 7.07. The molecule has 1 aliphatic rings. The van der Waals surface area contributed by atoms with Crippen LogP contribution >= 0.6 is 11.3 Å². The molecule has 0 bridgehead atoms. The fourth-order valence-corrected chi connectivity index (χ4v) is 3.65. The quantitative estimate of drug-likeness (QED) is 0.916. The third-order valence-corrected chi connectivity index (χ3v) is 4.73. The summed E-state index contributed by atoms with van der Waals surface area (Å²) >= 11 is 1.60. The van der Waals surface area contributed by atoms with E-state index in [4.69, 9.17) is 0 Å². The smallest absolute Gasteiger partial charge is 0.124 e. The Morgan fingerprint density at radius 1 is 1.37 bits per heavy atom. The van der Waals surface area contributed by atoms with Gasteiger partial charge in [-0.25, -0.2) is 9.37 Å². The number of benzene rings is 1. The lowest BCUT2D eigenvalue weighted by Gasteiger charge is -2.38. The highest BCUT2D eigenvalue weighted by atomic mass is 32.1. The summed E-state index contributed by atoms with van der Waals surface area (Å²) in [7, 11) is 0. The van der Waals surface area contributed by atoms with Gasteiger partial charge in [-0.3, -0.25) is 4.90 Å². The number of thiazole rings is 1. The summed E-state index contributed by atoms with van der Waals surface area (Å²) in [6.45, 7) is 7.35. The molecule has 1 aliphatic heterocycles. The zero-order valence-corrected chi connectivity index (χ0v) is 12.0. The van der Waals surface area contributed by atoms with E-state index in [2.05, 4.69) is 29.0 Å². The highest BCUT2D eigenvalue weighted by Gasteiger charge is 2.25. The SMILES string of the molecule is C[C@@H]1CNC[C@H](C)N1Cc1nc2ccc(F)cc2s1. The van der Waals surface area contributed by atoms with Crippen LogP contribution < -0.4 is 5.32 Å². The average Bonchev–Trinajstić information content (AvgIpc) is 2.75. The van der Waals surface area contributed by atoms with Gasteiger partial charge in [-0.05, 0) is 32.0 Å². The van der Waals surface area contributed by atoms with Crippen molar-refractivity contribution < 1.29 is 4.39 Å². The van der Waals surface area contributed by atoms with Crippen molar-refractivity contribution in [2.45, 2.75) is 32.5 Å². The van der Waals surface area contributed by atoms with E-state index in [0.717, 1.165) is 34.9 Å². The van der Waals surface area contributed by atoms with Gasteiger partial charge in [0.2, 0.25) is 0 Å². The molecule has 1 fully saturated rings. The lowest BCUT2D eigenvalue weighted by atomic mass is 10.1. The lowest BCUT2D eigenvalue weighted by molar-refractivity contribution is 0.109. The van der Waals surface area contributed by atoms with E-state index >= 15 is 0 Å². The fraction of sp³-hybridized carbons (Fsp3) is 0.500. The van der Waals surface area contributed by atoms with Gasteiger partial charge >= 0.3 is 0 Å². The molecule has 0 unspecified atom stereocenters. The molecule has 1 N–H and O–H groups in total. The average molecular weight is 279 g/mol. The summed E-state index contributed by atoms with van der Waals surface area (Å²) < 4.78 is 14.1. The van der Waals surface area contributed by atoms with Gasteiger partial charge in [0.05, 0.1) is 16.8 Å². The summed E-state index contributed by atoms with van der Waals surface area (Å²) in [5.41, 5.74) is 0.900. The molecule has 2 aromatic rings. The number of fused-ring (bicyclic) bond motifs is 1. The van der Waals surface area contributed by atoms with Crippen LogP contribution in [0.25, 0.3) is 10.2 Å². The number of aromatic nitrogens is 1. The molecule has 3 rings (SSSR count). The first-order valence-corrected chi connectivity index (χ1v) is 7.46. The Kier molecular flexibility index (Phi) is 3.52. The summed E-state index contributed by atoms with van der Waals surface area (Å²) in [6, 6.07) is 5.82. The van der Waals surface area contributed by atoms with Gasteiger partial charge in [0.15, 0.2) is 0 Å². The predicted octanol–water partition coefficient (Wildman–Crippen LogP) is 2.62. The number of hydrogen-bond acceptors (Lipinski definition) is 4. The van der Waals surface area contributed by atoms with Crippen LogP contribution in [0.15, 0.2) is 18.2 Å². The zero-order chi connectivity index (χ0) is 13.4. The van der Waals surface area contributed by atoms with E-state index in [9.17, 15) is 4.39 Å². The third-order valence-electron chi connectivity index (χ3n) is 3.72. The second-order valence-corrected chi connectivity index (χ2v) is 6.36. The van der Waals surface area contributed by atoms with Crippen LogP contribution in [0.2, 0.25) is 0 Å². The standard InChI is InChI=1S/C14H18FN3S/c1-9-6-16-7-10(2)18(9)8-14-17-12-4-3-11(15)5-13(12)19-14/h3-5,9-10,16H,6-8H2,1-2H3/t9-,10+. The highest BCUT2D eigenvalue weighted by Crippen LogP contribution is 2.25. The zero-order valence-electron chi connectivity index (χ0n) is 11.2. The lowest BCUT2D eigenvalue weighted by Crippen LogP contribution is -2.54. The maximum Gasteiger partial charge on any atom is 0.124 e. The van der Waals surface area contributed by atoms with Gasteiger partial charge in [0.1, 0.15) is 10.8 Å². The van der Waals surface area contributed by atoms with Gasteiger partial charge in [0, 0.05) is 25.2 Å². The Bertz CT molecular complexity index is 573. The fourth-order valence-electron chi connectivity index (χ4n) is 2.65. The summed E-state index contributed by atoms with van der Waals surface area (Å²) in [5.74, 6) is -0.188.